The van der Waals surface area contributed by atoms with E-state index in [1.54, 1.807) is 4.68 Å². The molecule has 0 amide bonds. The molecule has 6 heteroatoms. The van der Waals surface area contributed by atoms with E-state index in [1.165, 1.54) is 0 Å². The van der Waals surface area contributed by atoms with E-state index in [9.17, 15) is 4.21 Å². The van der Waals surface area contributed by atoms with Gasteiger partial charge in [-0.2, -0.15) is 5.10 Å². The molecule has 0 aliphatic carbocycles. The van der Waals surface area contributed by atoms with Gasteiger partial charge in [-0.1, -0.05) is 18.5 Å². The third kappa shape index (κ3) is 4.08. The van der Waals surface area contributed by atoms with Crippen LogP contribution in [0, 0.1) is 0 Å². The van der Waals surface area contributed by atoms with Crippen LogP contribution in [0.1, 0.15) is 32.2 Å². The van der Waals surface area contributed by atoms with Crippen LogP contribution in [0.4, 0.5) is 0 Å². The number of aryl methyl sites for hydroxylation is 2. The lowest BCUT2D eigenvalue weighted by molar-refractivity contribution is 0.576. The summed E-state index contributed by atoms with van der Waals surface area (Å²) < 4.78 is 13.7. The largest absolute Gasteiger partial charge is 0.325 e. The van der Waals surface area contributed by atoms with Gasteiger partial charge in [0.1, 0.15) is 0 Å². The summed E-state index contributed by atoms with van der Waals surface area (Å²) in [6.45, 7) is 5.73. The summed E-state index contributed by atoms with van der Waals surface area (Å²) in [4.78, 5) is 0. The molecule has 1 atom stereocenters. The minimum absolute atomic E-state index is 0.406. The number of nitrogens with zero attached hydrogens (tertiary/aromatic N) is 2. The van der Waals surface area contributed by atoms with Gasteiger partial charge in [0.15, 0.2) is 0 Å². The van der Waals surface area contributed by atoms with E-state index in [0.29, 0.717) is 16.5 Å². The topological polar surface area (TPSA) is 60.9 Å². The van der Waals surface area contributed by atoms with Crippen molar-refractivity contribution in [2.24, 2.45) is 12.8 Å². The highest BCUT2D eigenvalue weighted by Gasteiger charge is 2.19. The van der Waals surface area contributed by atoms with Crippen molar-refractivity contribution >= 4 is 22.4 Å². The first-order chi connectivity index (χ1) is 7.74. The van der Waals surface area contributed by atoms with Crippen molar-refractivity contribution < 1.29 is 4.21 Å². The average molecular weight is 278 g/mol. The van der Waals surface area contributed by atoms with Crippen molar-refractivity contribution in [2.45, 2.75) is 38.5 Å². The van der Waals surface area contributed by atoms with Gasteiger partial charge in [0, 0.05) is 29.1 Å². The molecule has 1 aromatic heterocycles. The first kappa shape index (κ1) is 14.7. The highest BCUT2D eigenvalue weighted by atomic mass is 35.5. The molecule has 0 radical (unpaired) electrons. The highest BCUT2D eigenvalue weighted by molar-refractivity contribution is 7.84. The Labute approximate surface area is 110 Å². The molecule has 0 fully saturated rings. The quantitative estimate of drug-likeness (QED) is 0.890. The predicted molar refractivity (Wildman–Crippen MR) is 72.6 cm³/mol. The summed E-state index contributed by atoms with van der Waals surface area (Å²) in [5.41, 5.74) is 7.10. The van der Waals surface area contributed by atoms with Crippen molar-refractivity contribution in [2.75, 3.05) is 5.75 Å². The number of rotatable bonds is 5. The molecule has 1 aromatic rings. The van der Waals surface area contributed by atoms with Crippen LogP contribution in [0.3, 0.4) is 0 Å². The molecule has 0 saturated heterocycles. The van der Waals surface area contributed by atoms with Crippen LogP contribution in [0.15, 0.2) is 0 Å². The second kappa shape index (κ2) is 5.50. The fraction of sp³-hybridized carbons (Fsp3) is 0.727. The van der Waals surface area contributed by atoms with Gasteiger partial charge < -0.3 is 5.73 Å². The molecule has 2 N–H and O–H groups in total. The van der Waals surface area contributed by atoms with Crippen LogP contribution in [-0.4, -0.2) is 25.3 Å². The van der Waals surface area contributed by atoms with Gasteiger partial charge in [-0.05, 0) is 20.3 Å². The zero-order chi connectivity index (χ0) is 13.2. The molecule has 4 nitrogen and oxygen atoms in total. The molecular weight excluding hydrogens is 258 g/mol. The molecule has 0 saturated carbocycles. The van der Waals surface area contributed by atoms with Crippen molar-refractivity contribution in [1.29, 1.82) is 0 Å². The standard InChI is InChI=1S/C11H20ClN3OS/c1-5-8-10(12)9(15(4)14-8)6-17(16)7-11(2,3)13/h5-7,13H2,1-4H3. The van der Waals surface area contributed by atoms with E-state index in [1.807, 2.05) is 27.8 Å². The van der Waals surface area contributed by atoms with E-state index < -0.39 is 16.3 Å². The molecule has 0 aliphatic rings. The summed E-state index contributed by atoms with van der Waals surface area (Å²) >= 11 is 6.20. The Morgan fingerprint density at radius 2 is 2.12 bits per heavy atom. The second-order valence-electron chi connectivity index (χ2n) is 4.90. The Morgan fingerprint density at radius 3 is 2.53 bits per heavy atom. The van der Waals surface area contributed by atoms with Gasteiger partial charge in [0.25, 0.3) is 0 Å². The van der Waals surface area contributed by atoms with Crippen molar-refractivity contribution in [3.05, 3.63) is 16.4 Å². The molecule has 0 spiro atoms. The molecule has 1 rings (SSSR count). The van der Waals surface area contributed by atoms with Crippen molar-refractivity contribution in [3.8, 4) is 0 Å². The van der Waals surface area contributed by atoms with Crippen molar-refractivity contribution in [1.82, 2.24) is 9.78 Å². The Morgan fingerprint density at radius 1 is 1.53 bits per heavy atom. The Bertz CT molecular complexity index is 423. The number of nitrogens with two attached hydrogens (primary N) is 1. The van der Waals surface area contributed by atoms with Gasteiger partial charge in [0.2, 0.25) is 0 Å². The molecular formula is C11H20ClN3OS. The molecule has 1 unspecified atom stereocenters. The zero-order valence-corrected chi connectivity index (χ0v) is 12.4. The molecule has 0 aliphatic heterocycles. The van der Waals surface area contributed by atoms with Crippen LogP contribution in [-0.2, 0) is 30.0 Å². The van der Waals surface area contributed by atoms with Gasteiger partial charge in [0.05, 0.1) is 22.2 Å². The van der Waals surface area contributed by atoms with Gasteiger partial charge in [-0.3, -0.25) is 8.89 Å². The normalized spacial score (nSPS) is 14.0. The summed E-state index contributed by atoms with van der Waals surface area (Å²) in [6.07, 6.45) is 0.779. The van der Waals surface area contributed by atoms with E-state index in [-0.39, 0.29) is 0 Å². The molecule has 1 heterocycles. The first-order valence-electron chi connectivity index (χ1n) is 5.58. The lowest BCUT2D eigenvalue weighted by Crippen LogP contribution is -2.38. The summed E-state index contributed by atoms with van der Waals surface area (Å²) in [7, 11) is 0.805. The number of halogens is 1. The van der Waals surface area contributed by atoms with E-state index >= 15 is 0 Å². The lowest BCUT2D eigenvalue weighted by atomic mass is 10.1. The summed E-state index contributed by atoms with van der Waals surface area (Å²) in [6, 6.07) is 0. The summed E-state index contributed by atoms with van der Waals surface area (Å²) in [5, 5.41) is 4.93. The number of hydrogen-bond acceptors (Lipinski definition) is 3. The van der Waals surface area contributed by atoms with Gasteiger partial charge in [-0.15, -0.1) is 0 Å². The zero-order valence-electron chi connectivity index (χ0n) is 10.8. The third-order valence-corrected chi connectivity index (χ3v) is 4.43. The first-order valence-corrected chi connectivity index (χ1v) is 7.45. The molecule has 0 bridgehead atoms. The Hall–Kier alpha value is -0.390. The van der Waals surface area contributed by atoms with Crippen LogP contribution in [0.5, 0.6) is 0 Å². The Balaban J connectivity index is 2.82. The summed E-state index contributed by atoms with van der Waals surface area (Å²) in [5.74, 6) is 0.860. The average Bonchev–Trinajstić information content (AvgIpc) is 2.42. The fourth-order valence-corrected chi connectivity index (χ4v) is 3.60. The smallest absolute Gasteiger partial charge is 0.0859 e. The second-order valence-corrected chi connectivity index (χ2v) is 6.74. The van der Waals surface area contributed by atoms with Crippen LogP contribution < -0.4 is 5.73 Å². The lowest BCUT2D eigenvalue weighted by Gasteiger charge is -2.17. The van der Waals surface area contributed by atoms with E-state index in [4.69, 9.17) is 17.3 Å². The maximum absolute atomic E-state index is 12.0. The Kier molecular flexibility index (Phi) is 4.75. The highest BCUT2D eigenvalue weighted by Crippen LogP contribution is 2.22. The monoisotopic (exact) mass is 277 g/mol. The van der Waals surface area contributed by atoms with Crippen LogP contribution >= 0.6 is 11.6 Å². The van der Waals surface area contributed by atoms with Gasteiger partial charge >= 0.3 is 0 Å². The fourth-order valence-electron chi connectivity index (χ4n) is 1.60. The van der Waals surface area contributed by atoms with E-state index in [0.717, 1.165) is 17.8 Å². The predicted octanol–water partition coefficient (Wildman–Crippen LogP) is 1.62. The van der Waals surface area contributed by atoms with Gasteiger partial charge in [-0.25, -0.2) is 0 Å². The minimum atomic E-state index is -1.02. The van der Waals surface area contributed by atoms with Crippen molar-refractivity contribution in [3.63, 3.8) is 0 Å². The SMILES string of the molecule is CCc1nn(C)c(CS(=O)CC(C)(C)N)c1Cl. The molecule has 0 aromatic carbocycles. The minimum Gasteiger partial charge on any atom is -0.325 e. The molecule has 17 heavy (non-hydrogen) atoms. The molecule has 98 valence electrons. The third-order valence-electron chi connectivity index (χ3n) is 2.33. The maximum atomic E-state index is 12.0. The number of hydrogen-bond donors (Lipinski definition) is 1. The van der Waals surface area contributed by atoms with Crippen LogP contribution in [0.25, 0.3) is 0 Å². The van der Waals surface area contributed by atoms with Crippen LogP contribution in [0.2, 0.25) is 5.02 Å². The van der Waals surface area contributed by atoms with E-state index in [2.05, 4.69) is 5.10 Å². The maximum Gasteiger partial charge on any atom is 0.0859 e. The number of aromatic nitrogens is 2.